The number of hydrogen-bond acceptors (Lipinski definition) is 15. The lowest BCUT2D eigenvalue weighted by atomic mass is 9.99. The van der Waals surface area contributed by atoms with E-state index in [9.17, 15) is 43.2 Å². The molecule has 0 aliphatic heterocycles. The highest BCUT2D eigenvalue weighted by molar-refractivity contribution is 7.47. The van der Waals surface area contributed by atoms with Crippen LogP contribution in [0.1, 0.15) is 524 Å². The van der Waals surface area contributed by atoms with E-state index in [0.29, 0.717) is 25.7 Å². The highest BCUT2D eigenvalue weighted by Crippen LogP contribution is 2.45. The first-order chi connectivity index (χ1) is 56.7. The van der Waals surface area contributed by atoms with Crippen molar-refractivity contribution in [3.63, 3.8) is 0 Å². The van der Waals surface area contributed by atoms with Gasteiger partial charge in [-0.05, 0) is 49.4 Å². The first kappa shape index (κ1) is 115. The lowest BCUT2D eigenvalue weighted by Crippen LogP contribution is -2.30. The molecule has 4 unspecified atom stereocenters. The third kappa shape index (κ3) is 88.7. The number of carbonyl (C=O) groups excluding carboxylic acids is 4. The number of rotatable bonds is 95. The molecular weight excluding hydrogens is 1510 g/mol. The molecule has 0 aliphatic rings. The van der Waals surface area contributed by atoms with Crippen LogP contribution < -0.4 is 0 Å². The number of hydrogen-bond donors (Lipinski definition) is 3. The second kappa shape index (κ2) is 86.2. The summed E-state index contributed by atoms with van der Waals surface area (Å²) in [4.78, 5) is 73.6. The van der Waals surface area contributed by atoms with Crippen LogP contribution >= 0.6 is 15.6 Å². The lowest BCUT2D eigenvalue weighted by Gasteiger charge is -2.21. The fraction of sp³-hybridized carbons (Fsp3) is 0.959. The summed E-state index contributed by atoms with van der Waals surface area (Å²) >= 11 is 0. The molecule has 0 spiro atoms. The van der Waals surface area contributed by atoms with Gasteiger partial charge in [-0.2, -0.15) is 0 Å². The Balaban J connectivity index is 5.24. The fourth-order valence-corrected chi connectivity index (χ4v) is 17.0. The van der Waals surface area contributed by atoms with Crippen LogP contribution in [0.15, 0.2) is 0 Å². The summed E-state index contributed by atoms with van der Waals surface area (Å²) in [6, 6.07) is 0. The van der Waals surface area contributed by atoms with Crippen LogP contribution in [0.2, 0.25) is 0 Å². The number of carbonyl (C=O) groups is 4. The number of esters is 4. The van der Waals surface area contributed by atoms with Crippen LogP contribution in [-0.2, 0) is 65.4 Å². The number of ether oxygens (including phenoxy) is 4. The van der Waals surface area contributed by atoms with Crippen molar-refractivity contribution < 1.29 is 80.2 Å². The number of unbranched alkanes of at least 4 members (excludes halogenated alkanes) is 59. The molecular formula is C98H192O17P2. The Morgan fingerprint density at radius 1 is 0.239 bits per heavy atom. The summed E-state index contributed by atoms with van der Waals surface area (Å²) in [6.07, 6.45) is 80.7. The van der Waals surface area contributed by atoms with Gasteiger partial charge in [0, 0.05) is 25.7 Å². The molecule has 0 fully saturated rings. The average Bonchev–Trinajstić information content (AvgIpc) is 0.897. The van der Waals surface area contributed by atoms with Gasteiger partial charge in [-0.25, -0.2) is 9.13 Å². The van der Waals surface area contributed by atoms with E-state index in [1.54, 1.807) is 0 Å². The zero-order chi connectivity index (χ0) is 85.9. The minimum absolute atomic E-state index is 0.108. The van der Waals surface area contributed by atoms with E-state index in [4.69, 9.17) is 37.0 Å². The molecule has 117 heavy (non-hydrogen) atoms. The van der Waals surface area contributed by atoms with Crippen molar-refractivity contribution in [2.45, 2.75) is 542 Å². The Morgan fingerprint density at radius 3 is 0.607 bits per heavy atom. The molecule has 696 valence electrons. The Labute approximate surface area is 721 Å². The minimum atomic E-state index is -4.98. The molecule has 7 atom stereocenters. The van der Waals surface area contributed by atoms with Gasteiger partial charge in [0.15, 0.2) is 12.2 Å². The second-order valence-electron chi connectivity index (χ2n) is 36.6. The predicted molar refractivity (Wildman–Crippen MR) is 488 cm³/mol. The zero-order valence-corrected chi connectivity index (χ0v) is 79.6. The lowest BCUT2D eigenvalue weighted by molar-refractivity contribution is -0.161. The van der Waals surface area contributed by atoms with E-state index < -0.39 is 97.5 Å². The van der Waals surface area contributed by atoms with Crippen molar-refractivity contribution in [3.05, 3.63) is 0 Å². The molecule has 17 nitrogen and oxygen atoms in total. The molecule has 3 N–H and O–H groups in total. The summed E-state index contributed by atoms with van der Waals surface area (Å²) in [5, 5.41) is 10.7. The van der Waals surface area contributed by atoms with Gasteiger partial charge in [0.25, 0.3) is 0 Å². The molecule has 0 heterocycles. The monoisotopic (exact) mass is 1700 g/mol. The highest BCUT2D eigenvalue weighted by Gasteiger charge is 2.31. The van der Waals surface area contributed by atoms with Gasteiger partial charge in [-0.15, -0.1) is 0 Å². The molecule has 0 rings (SSSR count). The number of phosphoric ester groups is 2. The van der Waals surface area contributed by atoms with Gasteiger partial charge in [-0.1, -0.05) is 473 Å². The summed E-state index contributed by atoms with van der Waals surface area (Å²) < 4.78 is 69.3. The van der Waals surface area contributed by atoms with Crippen LogP contribution in [0.25, 0.3) is 0 Å². The van der Waals surface area contributed by atoms with Crippen molar-refractivity contribution in [2.75, 3.05) is 39.6 Å². The molecule has 0 saturated heterocycles. The molecule has 19 heteroatoms. The first-order valence-electron chi connectivity index (χ1n) is 50.3. The SMILES string of the molecule is CCC(C)CCCCCCCCCCCCCCCCCCCCC(=O)OC[C@H](COP(=O)(O)OC[C@@H](O)COP(=O)(O)OC[C@@H](COC(=O)CCCCCCCCCCCC(C)C)OC(=O)CCCCCCCCCCCCCCCCCCCCC(C)C)OC(=O)CCCCCCCCCCCCCCCCCCCCC(C)CC. The van der Waals surface area contributed by atoms with Crippen LogP contribution in [0.3, 0.4) is 0 Å². The van der Waals surface area contributed by atoms with Crippen molar-refractivity contribution in [3.8, 4) is 0 Å². The summed E-state index contributed by atoms with van der Waals surface area (Å²) in [6.45, 7) is 14.5. The maximum Gasteiger partial charge on any atom is 0.472 e. The van der Waals surface area contributed by atoms with Gasteiger partial charge in [0.1, 0.15) is 19.3 Å². The van der Waals surface area contributed by atoms with Crippen LogP contribution in [0.4, 0.5) is 0 Å². The molecule has 0 radical (unpaired) electrons. The van der Waals surface area contributed by atoms with E-state index in [0.717, 1.165) is 114 Å². The fourth-order valence-electron chi connectivity index (χ4n) is 15.4. The van der Waals surface area contributed by atoms with Gasteiger partial charge in [-0.3, -0.25) is 37.3 Å². The molecule has 0 aliphatic carbocycles. The van der Waals surface area contributed by atoms with Crippen LogP contribution in [0, 0.1) is 23.7 Å². The van der Waals surface area contributed by atoms with Crippen molar-refractivity contribution >= 4 is 39.5 Å². The standard InChI is InChI=1S/C98H192O17P2/c1-9-90(7)76-68-60-52-44-36-30-24-18-12-15-20-26-32-38-46-54-62-70-78-95(100)108-84-93(114-97(102)80-72-65-57-48-40-34-28-22-16-13-19-25-31-37-45-53-61-69-77-91(8)10-2)86-112-116(104,105)110-82-92(99)83-111-117(106,107)113-87-94(85-109-96(101)79-71-63-55-49-41-43-51-59-67-75-89(5)6)115-98(103)81-73-64-56-47-39-33-27-21-14-11-17-23-29-35-42-50-58-66-74-88(3)4/h88-94,99H,9-87H2,1-8H3,(H,104,105)(H,106,107)/t90?,91?,92-,93-,94-/m1/s1. The Bertz CT molecular complexity index is 2260. The highest BCUT2D eigenvalue weighted by atomic mass is 31.2. The summed E-state index contributed by atoms with van der Waals surface area (Å²) in [5.74, 6) is 1.22. The number of phosphoric acid groups is 2. The summed E-state index contributed by atoms with van der Waals surface area (Å²) in [5.41, 5.74) is 0. The third-order valence-corrected chi connectivity index (χ3v) is 25.7. The van der Waals surface area contributed by atoms with E-state index in [1.807, 2.05) is 0 Å². The zero-order valence-electron chi connectivity index (χ0n) is 77.9. The normalized spacial score (nSPS) is 14.2. The quantitative estimate of drug-likeness (QED) is 0.0222. The maximum atomic E-state index is 13.2. The first-order valence-corrected chi connectivity index (χ1v) is 53.3. The second-order valence-corrected chi connectivity index (χ2v) is 39.5. The molecule has 0 amide bonds. The minimum Gasteiger partial charge on any atom is -0.462 e. The molecule has 0 aromatic heterocycles. The van der Waals surface area contributed by atoms with Gasteiger partial charge in [0.05, 0.1) is 26.4 Å². The van der Waals surface area contributed by atoms with E-state index in [2.05, 4.69) is 55.4 Å². The molecule has 0 saturated carbocycles. The predicted octanol–water partition coefficient (Wildman–Crippen LogP) is 30.6. The topological polar surface area (TPSA) is 237 Å². The third-order valence-electron chi connectivity index (χ3n) is 23.8. The van der Waals surface area contributed by atoms with Gasteiger partial charge in [0.2, 0.25) is 0 Å². The van der Waals surface area contributed by atoms with E-state index in [-0.39, 0.29) is 25.7 Å². The van der Waals surface area contributed by atoms with Gasteiger partial charge >= 0.3 is 39.5 Å². The van der Waals surface area contributed by atoms with E-state index >= 15 is 0 Å². The van der Waals surface area contributed by atoms with E-state index in [1.165, 1.54) is 327 Å². The number of aliphatic hydroxyl groups excluding tert-OH is 1. The summed E-state index contributed by atoms with van der Waals surface area (Å²) in [7, 11) is -9.95. The van der Waals surface area contributed by atoms with Crippen molar-refractivity contribution in [1.82, 2.24) is 0 Å². The smallest absolute Gasteiger partial charge is 0.462 e. The van der Waals surface area contributed by atoms with Crippen molar-refractivity contribution in [1.29, 1.82) is 0 Å². The largest absolute Gasteiger partial charge is 0.472 e. The maximum absolute atomic E-state index is 13.2. The Hall–Kier alpha value is -1.94. The van der Waals surface area contributed by atoms with Crippen LogP contribution in [0.5, 0.6) is 0 Å². The molecule has 0 aromatic carbocycles. The molecule has 0 bridgehead atoms. The Kier molecular flexibility index (Phi) is 84.8. The van der Waals surface area contributed by atoms with Crippen molar-refractivity contribution in [2.24, 2.45) is 23.7 Å². The van der Waals surface area contributed by atoms with Crippen LogP contribution in [-0.4, -0.2) is 96.7 Å². The van der Waals surface area contributed by atoms with Gasteiger partial charge < -0.3 is 33.8 Å². The molecule has 0 aromatic rings. The Morgan fingerprint density at radius 2 is 0.410 bits per heavy atom. The average molecular weight is 1700 g/mol. The number of aliphatic hydroxyl groups is 1.